The highest BCUT2D eigenvalue weighted by atomic mass is 16.4. The van der Waals surface area contributed by atoms with Gasteiger partial charge in [0.2, 0.25) is 0 Å². The topological polar surface area (TPSA) is 42.2 Å². The average Bonchev–Trinajstić information content (AvgIpc) is 2.42. The number of carboxylic acids is 1. The SMILES string of the molecule is Cc1cc(C(=O)O)cc2cc(C)n(C)c12. The third kappa shape index (κ3) is 1.40. The first-order valence-corrected chi connectivity index (χ1v) is 4.80. The fourth-order valence-corrected chi connectivity index (χ4v) is 2.00. The summed E-state index contributed by atoms with van der Waals surface area (Å²) in [6.45, 7) is 3.95. The number of aromatic nitrogens is 1. The van der Waals surface area contributed by atoms with E-state index in [9.17, 15) is 4.79 Å². The van der Waals surface area contributed by atoms with Gasteiger partial charge in [-0.2, -0.15) is 0 Å². The van der Waals surface area contributed by atoms with Gasteiger partial charge in [0, 0.05) is 18.1 Å². The monoisotopic (exact) mass is 203 g/mol. The van der Waals surface area contributed by atoms with Crippen LogP contribution in [0.15, 0.2) is 18.2 Å². The van der Waals surface area contributed by atoms with Gasteiger partial charge in [-0.25, -0.2) is 4.79 Å². The normalized spacial score (nSPS) is 10.9. The minimum Gasteiger partial charge on any atom is -0.478 e. The molecule has 78 valence electrons. The summed E-state index contributed by atoms with van der Waals surface area (Å²) in [6.07, 6.45) is 0. The van der Waals surface area contributed by atoms with Crippen molar-refractivity contribution in [3.8, 4) is 0 Å². The van der Waals surface area contributed by atoms with Crippen LogP contribution in [-0.4, -0.2) is 15.6 Å². The maximum Gasteiger partial charge on any atom is 0.335 e. The van der Waals surface area contributed by atoms with E-state index in [0.29, 0.717) is 5.56 Å². The average molecular weight is 203 g/mol. The van der Waals surface area contributed by atoms with Crippen molar-refractivity contribution in [2.75, 3.05) is 0 Å². The van der Waals surface area contributed by atoms with Crippen LogP contribution in [-0.2, 0) is 7.05 Å². The van der Waals surface area contributed by atoms with E-state index in [1.807, 2.05) is 27.0 Å². The molecule has 0 radical (unpaired) electrons. The smallest absolute Gasteiger partial charge is 0.335 e. The molecule has 0 unspecified atom stereocenters. The second-order valence-electron chi connectivity index (χ2n) is 3.88. The van der Waals surface area contributed by atoms with Crippen LogP contribution in [0.4, 0.5) is 0 Å². The number of hydrogen-bond acceptors (Lipinski definition) is 1. The van der Waals surface area contributed by atoms with E-state index in [-0.39, 0.29) is 0 Å². The summed E-state index contributed by atoms with van der Waals surface area (Å²) in [4.78, 5) is 10.9. The van der Waals surface area contributed by atoms with E-state index in [0.717, 1.165) is 22.2 Å². The van der Waals surface area contributed by atoms with Gasteiger partial charge in [-0.3, -0.25) is 0 Å². The van der Waals surface area contributed by atoms with E-state index in [2.05, 4.69) is 4.57 Å². The molecule has 1 aromatic carbocycles. The molecule has 0 aliphatic rings. The van der Waals surface area contributed by atoms with Crippen LogP contribution in [0.1, 0.15) is 21.6 Å². The van der Waals surface area contributed by atoms with Gasteiger partial charge in [-0.05, 0) is 37.6 Å². The van der Waals surface area contributed by atoms with E-state index in [1.165, 1.54) is 0 Å². The Labute approximate surface area is 87.9 Å². The van der Waals surface area contributed by atoms with Crippen LogP contribution in [0.3, 0.4) is 0 Å². The fourth-order valence-electron chi connectivity index (χ4n) is 2.00. The molecule has 3 nitrogen and oxygen atoms in total. The highest BCUT2D eigenvalue weighted by Gasteiger charge is 2.10. The number of fused-ring (bicyclic) bond motifs is 1. The summed E-state index contributed by atoms with van der Waals surface area (Å²) in [5.41, 5.74) is 3.60. The Kier molecular flexibility index (Phi) is 2.03. The summed E-state index contributed by atoms with van der Waals surface area (Å²) in [5, 5.41) is 9.93. The molecule has 1 N–H and O–H groups in total. The van der Waals surface area contributed by atoms with Gasteiger partial charge in [0.1, 0.15) is 0 Å². The Balaban J connectivity index is 2.84. The molecule has 15 heavy (non-hydrogen) atoms. The highest BCUT2D eigenvalue weighted by molar-refractivity contribution is 5.95. The van der Waals surface area contributed by atoms with Crippen molar-refractivity contribution in [3.05, 3.63) is 35.0 Å². The van der Waals surface area contributed by atoms with Crippen LogP contribution in [0, 0.1) is 13.8 Å². The lowest BCUT2D eigenvalue weighted by Crippen LogP contribution is -1.98. The number of nitrogens with zero attached hydrogens (tertiary/aromatic N) is 1. The summed E-state index contributed by atoms with van der Waals surface area (Å²) in [5.74, 6) is -0.874. The van der Waals surface area contributed by atoms with Crippen molar-refractivity contribution in [1.82, 2.24) is 4.57 Å². The zero-order chi connectivity index (χ0) is 11.2. The Morgan fingerprint density at radius 3 is 2.53 bits per heavy atom. The molecule has 0 atom stereocenters. The molecular weight excluding hydrogens is 190 g/mol. The zero-order valence-corrected chi connectivity index (χ0v) is 9.03. The zero-order valence-electron chi connectivity index (χ0n) is 9.03. The number of carboxylic acid groups (broad SMARTS) is 1. The first-order valence-electron chi connectivity index (χ1n) is 4.80. The van der Waals surface area contributed by atoms with Gasteiger partial charge in [0.15, 0.2) is 0 Å². The van der Waals surface area contributed by atoms with E-state index in [4.69, 9.17) is 5.11 Å². The number of rotatable bonds is 1. The largest absolute Gasteiger partial charge is 0.478 e. The number of carbonyl (C=O) groups is 1. The van der Waals surface area contributed by atoms with Gasteiger partial charge in [-0.15, -0.1) is 0 Å². The minimum atomic E-state index is -0.874. The summed E-state index contributed by atoms with van der Waals surface area (Å²) in [6, 6.07) is 5.44. The molecule has 0 amide bonds. The van der Waals surface area contributed by atoms with Gasteiger partial charge in [0.05, 0.1) is 11.1 Å². The Morgan fingerprint density at radius 1 is 1.27 bits per heavy atom. The van der Waals surface area contributed by atoms with Crippen LogP contribution in [0.2, 0.25) is 0 Å². The first kappa shape index (κ1) is 9.77. The number of benzene rings is 1. The molecule has 2 aromatic rings. The lowest BCUT2D eigenvalue weighted by molar-refractivity contribution is 0.0697. The Bertz CT molecular complexity index is 552. The van der Waals surface area contributed by atoms with E-state index in [1.54, 1.807) is 12.1 Å². The molecule has 0 spiro atoms. The Morgan fingerprint density at radius 2 is 1.93 bits per heavy atom. The molecule has 1 heterocycles. The minimum absolute atomic E-state index is 0.352. The first-order chi connectivity index (χ1) is 7.00. The molecule has 0 aliphatic carbocycles. The molecule has 0 aliphatic heterocycles. The highest BCUT2D eigenvalue weighted by Crippen LogP contribution is 2.23. The summed E-state index contributed by atoms with van der Waals surface area (Å²) >= 11 is 0. The summed E-state index contributed by atoms with van der Waals surface area (Å²) < 4.78 is 2.08. The van der Waals surface area contributed by atoms with E-state index < -0.39 is 5.97 Å². The van der Waals surface area contributed by atoms with Crippen LogP contribution in [0.25, 0.3) is 10.9 Å². The second kappa shape index (κ2) is 3.12. The molecule has 1 aromatic heterocycles. The number of hydrogen-bond donors (Lipinski definition) is 1. The predicted molar refractivity (Wildman–Crippen MR) is 59.4 cm³/mol. The van der Waals surface area contributed by atoms with Crippen LogP contribution in [0.5, 0.6) is 0 Å². The molecule has 0 fully saturated rings. The van der Waals surface area contributed by atoms with Crippen LogP contribution < -0.4 is 0 Å². The molecule has 0 saturated carbocycles. The third-order valence-corrected chi connectivity index (χ3v) is 2.81. The molecule has 3 heteroatoms. The second-order valence-corrected chi connectivity index (χ2v) is 3.88. The van der Waals surface area contributed by atoms with Crippen molar-refractivity contribution >= 4 is 16.9 Å². The third-order valence-electron chi connectivity index (χ3n) is 2.81. The van der Waals surface area contributed by atoms with Crippen molar-refractivity contribution in [3.63, 3.8) is 0 Å². The van der Waals surface area contributed by atoms with Crippen molar-refractivity contribution in [1.29, 1.82) is 0 Å². The van der Waals surface area contributed by atoms with Gasteiger partial charge < -0.3 is 9.67 Å². The number of aryl methyl sites for hydroxylation is 3. The van der Waals surface area contributed by atoms with Crippen molar-refractivity contribution < 1.29 is 9.90 Å². The standard InChI is InChI=1S/C12H13NO2/c1-7-4-10(12(14)15)6-9-5-8(2)13(3)11(7)9/h4-6H,1-3H3,(H,14,15). The molecule has 0 bridgehead atoms. The predicted octanol–water partition coefficient (Wildman–Crippen LogP) is 2.49. The maximum absolute atomic E-state index is 10.9. The molecule has 0 saturated heterocycles. The van der Waals surface area contributed by atoms with Gasteiger partial charge in [0.25, 0.3) is 0 Å². The van der Waals surface area contributed by atoms with Crippen LogP contribution >= 0.6 is 0 Å². The maximum atomic E-state index is 10.9. The van der Waals surface area contributed by atoms with Gasteiger partial charge >= 0.3 is 5.97 Å². The van der Waals surface area contributed by atoms with Crippen molar-refractivity contribution in [2.24, 2.45) is 7.05 Å². The lowest BCUT2D eigenvalue weighted by atomic mass is 10.1. The van der Waals surface area contributed by atoms with E-state index >= 15 is 0 Å². The van der Waals surface area contributed by atoms with Gasteiger partial charge in [-0.1, -0.05) is 0 Å². The quantitative estimate of drug-likeness (QED) is 0.773. The molecule has 2 rings (SSSR count). The molecular formula is C12H13NO2. The summed E-state index contributed by atoms with van der Waals surface area (Å²) in [7, 11) is 1.99. The Hall–Kier alpha value is -1.77. The lowest BCUT2D eigenvalue weighted by Gasteiger charge is -2.04. The van der Waals surface area contributed by atoms with Crippen molar-refractivity contribution in [2.45, 2.75) is 13.8 Å². The fraction of sp³-hybridized carbons (Fsp3) is 0.250. The number of aromatic carboxylic acids is 1.